The van der Waals surface area contributed by atoms with Crippen LogP contribution in [0.15, 0.2) is 30.3 Å². The number of ether oxygens (including phenoxy) is 1. The molecule has 1 N–H and O–H groups in total. The number of carbonyl (C=O) groups is 1. The fraction of sp³-hybridized carbons (Fsp3) is 0.500. The molecule has 0 aliphatic carbocycles. The molecule has 0 saturated heterocycles. The van der Waals surface area contributed by atoms with Crippen LogP contribution in [-0.2, 0) is 9.53 Å². The minimum absolute atomic E-state index is 0.0559. The topological polar surface area (TPSA) is 49.8 Å². The zero-order chi connectivity index (χ0) is 13.4. The molecule has 1 amide bonds. The van der Waals surface area contributed by atoms with Crippen LogP contribution >= 0.6 is 0 Å². The molecule has 18 heavy (non-hydrogen) atoms. The molecular weight excluding hydrogens is 230 g/mol. The maximum absolute atomic E-state index is 12.3. The number of aliphatic hydroxyl groups excluding tert-OH is 1. The van der Waals surface area contributed by atoms with Gasteiger partial charge < -0.3 is 14.7 Å². The number of likely N-dealkylation sites (N-methyl/N-ethyl adjacent to an activating group) is 1. The Bertz CT molecular complexity index is 353. The summed E-state index contributed by atoms with van der Waals surface area (Å²) in [7, 11) is 1.54. The lowest BCUT2D eigenvalue weighted by Crippen LogP contribution is -2.36. The lowest BCUT2D eigenvalue weighted by molar-refractivity contribution is -0.142. The standard InChI is InChI=1S/C14H21NO3/c1-3-15(10-7-11-16)14(17)13(18-2)12-8-5-4-6-9-12/h4-6,8-9,13,16H,3,7,10-11H2,1-2H3. The predicted octanol–water partition coefficient (Wildman–Crippen LogP) is 1.60. The molecule has 0 bridgehead atoms. The number of amides is 1. The number of methoxy groups -OCH3 is 1. The van der Waals surface area contributed by atoms with Crippen molar-refractivity contribution in [2.24, 2.45) is 0 Å². The highest BCUT2D eigenvalue weighted by Gasteiger charge is 2.24. The van der Waals surface area contributed by atoms with Crippen LogP contribution in [0.5, 0.6) is 0 Å². The number of hydrogen-bond acceptors (Lipinski definition) is 3. The zero-order valence-corrected chi connectivity index (χ0v) is 11.0. The van der Waals surface area contributed by atoms with Crippen molar-refractivity contribution in [2.75, 3.05) is 26.8 Å². The highest BCUT2D eigenvalue weighted by Crippen LogP contribution is 2.19. The van der Waals surface area contributed by atoms with Crippen LogP contribution in [0.25, 0.3) is 0 Å². The van der Waals surface area contributed by atoms with E-state index in [2.05, 4.69) is 0 Å². The monoisotopic (exact) mass is 251 g/mol. The Balaban J connectivity index is 2.78. The molecule has 1 rings (SSSR count). The molecule has 1 atom stereocenters. The summed E-state index contributed by atoms with van der Waals surface area (Å²) in [6, 6.07) is 9.44. The van der Waals surface area contributed by atoms with Crippen molar-refractivity contribution in [3.05, 3.63) is 35.9 Å². The van der Waals surface area contributed by atoms with Gasteiger partial charge in [0.25, 0.3) is 5.91 Å². The van der Waals surface area contributed by atoms with E-state index in [9.17, 15) is 4.79 Å². The highest BCUT2D eigenvalue weighted by molar-refractivity contribution is 5.82. The van der Waals surface area contributed by atoms with Crippen LogP contribution in [0.2, 0.25) is 0 Å². The van der Waals surface area contributed by atoms with Gasteiger partial charge in [-0.15, -0.1) is 0 Å². The second kappa shape index (κ2) is 7.84. The Labute approximate surface area is 108 Å². The van der Waals surface area contributed by atoms with Crippen molar-refractivity contribution < 1.29 is 14.6 Å². The van der Waals surface area contributed by atoms with Gasteiger partial charge in [0.2, 0.25) is 0 Å². The van der Waals surface area contributed by atoms with E-state index in [0.29, 0.717) is 19.5 Å². The number of benzene rings is 1. The van der Waals surface area contributed by atoms with Gasteiger partial charge in [-0.1, -0.05) is 30.3 Å². The Morgan fingerprint density at radius 1 is 1.39 bits per heavy atom. The minimum atomic E-state index is -0.565. The zero-order valence-electron chi connectivity index (χ0n) is 11.0. The molecule has 4 heteroatoms. The lowest BCUT2D eigenvalue weighted by Gasteiger charge is -2.25. The molecule has 0 radical (unpaired) electrons. The fourth-order valence-corrected chi connectivity index (χ4v) is 1.86. The van der Waals surface area contributed by atoms with E-state index in [1.165, 1.54) is 7.11 Å². The first kappa shape index (κ1) is 14.7. The van der Waals surface area contributed by atoms with Gasteiger partial charge in [0.1, 0.15) is 0 Å². The second-order valence-electron chi connectivity index (χ2n) is 4.02. The van der Waals surface area contributed by atoms with E-state index in [1.807, 2.05) is 37.3 Å². The molecule has 0 spiro atoms. The fourth-order valence-electron chi connectivity index (χ4n) is 1.86. The molecule has 0 heterocycles. The first-order valence-corrected chi connectivity index (χ1v) is 6.22. The van der Waals surface area contributed by atoms with E-state index in [1.54, 1.807) is 4.90 Å². The average Bonchev–Trinajstić information content (AvgIpc) is 2.42. The molecule has 4 nitrogen and oxygen atoms in total. The highest BCUT2D eigenvalue weighted by atomic mass is 16.5. The summed E-state index contributed by atoms with van der Waals surface area (Å²) in [5.74, 6) is -0.0559. The van der Waals surface area contributed by atoms with Gasteiger partial charge >= 0.3 is 0 Å². The Kier molecular flexibility index (Phi) is 6.39. The maximum atomic E-state index is 12.3. The van der Waals surface area contributed by atoms with Crippen molar-refractivity contribution >= 4 is 5.91 Å². The average molecular weight is 251 g/mol. The molecule has 100 valence electrons. The van der Waals surface area contributed by atoms with E-state index >= 15 is 0 Å². The smallest absolute Gasteiger partial charge is 0.256 e. The van der Waals surface area contributed by atoms with Crippen molar-refractivity contribution in [2.45, 2.75) is 19.4 Å². The summed E-state index contributed by atoms with van der Waals surface area (Å²) in [4.78, 5) is 14.0. The van der Waals surface area contributed by atoms with Crippen molar-refractivity contribution in [1.29, 1.82) is 0 Å². The SMILES string of the molecule is CCN(CCCO)C(=O)C(OC)c1ccccc1. The van der Waals surface area contributed by atoms with Gasteiger partial charge in [0, 0.05) is 26.8 Å². The number of aliphatic hydroxyl groups is 1. The number of rotatable bonds is 7. The summed E-state index contributed by atoms with van der Waals surface area (Å²) in [5.41, 5.74) is 0.854. The van der Waals surface area contributed by atoms with E-state index < -0.39 is 6.10 Å². The molecule has 1 aromatic carbocycles. The summed E-state index contributed by atoms with van der Waals surface area (Å²) in [6.07, 6.45) is 0.0231. The molecular formula is C14H21NO3. The van der Waals surface area contributed by atoms with E-state index in [-0.39, 0.29) is 12.5 Å². The van der Waals surface area contributed by atoms with Gasteiger partial charge in [0.15, 0.2) is 6.10 Å². The van der Waals surface area contributed by atoms with Gasteiger partial charge in [-0.3, -0.25) is 4.79 Å². The first-order valence-electron chi connectivity index (χ1n) is 6.22. The summed E-state index contributed by atoms with van der Waals surface area (Å²) >= 11 is 0. The van der Waals surface area contributed by atoms with Crippen LogP contribution in [0.3, 0.4) is 0 Å². The first-order chi connectivity index (χ1) is 8.74. The maximum Gasteiger partial charge on any atom is 0.256 e. The van der Waals surface area contributed by atoms with Crippen LogP contribution in [-0.4, -0.2) is 42.7 Å². The molecule has 0 aliphatic rings. The molecule has 0 saturated carbocycles. The van der Waals surface area contributed by atoms with Gasteiger partial charge in [0.05, 0.1) is 0 Å². The van der Waals surface area contributed by atoms with Crippen LogP contribution < -0.4 is 0 Å². The summed E-state index contributed by atoms with van der Waals surface area (Å²) in [6.45, 7) is 3.18. The van der Waals surface area contributed by atoms with Crippen molar-refractivity contribution in [3.8, 4) is 0 Å². The number of hydrogen-bond donors (Lipinski definition) is 1. The largest absolute Gasteiger partial charge is 0.396 e. The predicted molar refractivity (Wildman–Crippen MR) is 70.1 cm³/mol. The summed E-state index contributed by atoms with van der Waals surface area (Å²) < 4.78 is 5.31. The number of carbonyl (C=O) groups excluding carboxylic acids is 1. The minimum Gasteiger partial charge on any atom is -0.396 e. The van der Waals surface area contributed by atoms with Crippen LogP contribution in [0, 0.1) is 0 Å². The third-order valence-corrected chi connectivity index (χ3v) is 2.84. The van der Waals surface area contributed by atoms with Gasteiger partial charge in [-0.2, -0.15) is 0 Å². The van der Waals surface area contributed by atoms with E-state index in [4.69, 9.17) is 9.84 Å². The van der Waals surface area contributed by atoms with Crippen molar-refractivity contribution in [3.63, 3.8) is 0 Å². The van der Waals surface area contributed by atoms with Crippen molar-refractivity contribution in [1.82, 2.24) is 4.90 Å². The normalized spacial score (nSPS) is 12.2. The van der Waals surface area contributed by atoms with Gasteiger partial charge in [-0.05, 0) is 18.9 Å². The quantitative estimate of drug-likeness (QED) is 0.801. The third kappa shape index (κ3) is 3.82. The molecule has 0 aromatic heterocycles. The van der Waals surface area contributed by atoms with E-state index in [0.717, 1.165) is 5.56 Å². The Morgan fingerprint density at radius 2 is 2.06 bits per heavy atom. The van der Waals surface area contributed by atoms with Gasteiger partial charge in [-0.25, -0.2) is 0 Å². The molecule has 0 aliphatic heterocycles. The molecule has 1 aromatic rings. The Morgan fingerprint density at radius 3 is 2.56 bits per heavy atom. The summed E-state index contributed by atoms with van der Waals surface area (Å²) in [5, 5.41) is 8.84. The molecule has 1 unspecified atom stereocenters. The third-order valence-electron chi connectivity index (χ3n) is 2.84. The van der Waals surface area contributed by atoms with Crippen LogP contribution in [0.1, 0.15) is 25.0 Å². The number of nitrogens with zero attached hydrogens (tertiary/aromatic N) is 1. The Hall–Kier alpha value is -1.39. The van der Waals surface area contributed by atoms with Crippen LogP contribution in [0.4, 0.5) is 0 Å². The molecule has 0 fully saturated rings. The lowest BCUT2D eigenvalue weighted by atomic mass is 10.1. The second-order valence-corrected chi connectivity index (χ2v) is 4.02.